The minimum Gasteiger partial charge on any atom is -0.301 e. The zero-order valence-electron chi connectivity index (χ0n) is 10.5. The summed E-state index contributed by atoms with van der Waals surface area (Å²) in [5.74, 6) is 0. The Hall–Kier alpha value is -2.15. The van der Waals surface area contributed by atoms with Gasteiger partial charge >= 0.3 is 0 Å². The average Bonchev–Trinajstić information content (AvgIpc) is 3.02. The van der Waals surface area contributed by atoms with Crippen LogP contribution in [0.2, 0.25) is 0 Å². The molecule has 0 unspecified atom stereocenters. The Bertz CT molecular complexity index is 625. The lowest BCUT2D eigenvalue weighted by atomic mass is 9.98. The van der Waals surface area contributed by atoms with E-state index >= 15 is 0 Å². The Morgan fingerprint density at radius 2 is 1.89 bits per heavy atom. The number of nitrogens with zero attached hydrogens (tertiary/aromatic N) is 1. The van der Waals surface area contributed by atoms with Crippen LogP contribution in [-0.2, 0) is 4.84 Å². The van der Waals surface area contributed by atoms with Crippen molar-refractivity contribution in [2.75, 3.05) is 6.61 Å². The van der Waals surface area contributed by atoms with Gasteiger partial charge in [0.1, 0.15) is 0 Å². The fourth-order valence-electron chi connectivity index (χ4n) is 2.33. The lowest BCUT2D eigenvalue weighted by Crippen LogP contribution is -2.11. The van der Waals surface area contributed by atoms with E-state index in [2.05, 4.69) is 29.7 Å². The third-order valence-electron chi connectivity index (χ3n) is 3.35. The predicted octanol–water partition coefficient (Wildman–Crippen LogP) is 3.19. The summed E-state index contributed by atoms with van der Waals surface area (Å²) in [7, 11) is 0. The molecule has 0 aliphatic carbocycles. The standard InChI is InChI=1S/C16H14N2O/c17-11-12-3-1-4-13(9-12)14-5-2-6-15(10-14)16-7-8-19-18-16/h1-6,9-10,16,18H,7-8H2/t16-/m1/s1. The van der Waals surface area contributed by atoms with Crippen LogP contribution >= 0.6 is 0 Å². The second-order valence-electron chi connectivity index (χ2n) is 4.63. The molecule has 2 aromatic rings. The Balaban J connectivity index is 1.96. The fourth-order valence-corrected chi connectivity index (χ4v) is 2.33. The van der Waals surface area contributed by atoms with Crippen molar-refractivity contribution in [2.45, 2.75) is 12.5 Å². The van der Waals surface area contributed by atoms with Crippen molar-refractivity contribution in [3.05, 3.63) is 59.7 Å². The van der Waals surface area contributed by atoms with Crippen molar-refractivity contribution in [2.24, 2.45) is 0 Å². The minimum absolute atomic E-state index is 0.263. The van der Waals surface area contributed by atoms with E-state index in [0.29, 0.717) is 5.56 Å². The topological polar surface area (TPSA) is 45.0 Å². The zero-order valence-corrected chi connectivity index (χ0v) is 10.5. The van der Waals surface area contributed by atoms with E-state index in [1.165, 1.54) is 5.56 Å². The van der Waals surface area contributed by atoms with Crippen LogP contribution in [0.4, 0.5) is 0 Å². The van der Waals surface area contributed by atoms with Gasteiger partial charge in [-0.05, 0) is 41.3 Å². The maximum Gasteiger partial charge on any atom is 0.0991 e. The summed E-state index contributed by atoms with van der Waals surface area (Å²) in [5, 5.41) is 8.96. The maximum atomic E-state index is 8.96. The first-order valence-electron chi connectivity index (χ1n) is 6.34. The first kappa shape index (κ1) is 11.9. The summed E-state index contributed by atoms with van der Waals surface area (Å²) in [4.78, 5) is 5.20. The smallest absolute Gasteiger partial charge is 0.0991 e. The number of hydrogen-bond acceptors (Lipinski definition) is 3. The highest BCUT2D eigenvalue weighted by molar-refractivity contribution is 5.66. The third-order valence-corrected chi connectivity index (χ3v) is 3.35. The van der Waals surface area contributed by atoms with Gasteiger partial charge in [0, 0.05) is 0 Å². The summed E-state index contributed by atoms with van der Waals surface area (Å²) in [6, 6.07) is 18.5. The van der Waals surface area contributed by atoms with E-state index in [-0.39, 0.29) is 6.04 Å². The van der Waals surface area contributed by atoms with E-state index in [4.69, 9.17) is 10.1 Å². The van der Waals surface area contributed by atoms with Crippen LogP contribution in [-0.4, -0.2) is 6.61 Å². The molecule has 3 nitrogen and oxygen atoms in total. The van der Waals surface area contributed by atoms with Crippen molar-refractivity contribution in [1.82, 2.24) is 5.48 Å². The van der Waals surface area contributed by atoms with E-state index < -0.39 is 0 Å². The molecule has 19 heavy (non-hydrogen) atoms. The van der Waals surface area contributed by atoms with Gasteiger partial charge < -0.3 is 4.84 Å². The average molecular weight is 250 g/mol. The van der Waals surface area contributed by atoms with Crippen molar-refractivity contribution in [3.8, 4) is 17.2 Å². The van der Waals surface area contributed by atoms with Crippen molar-refractivity contribution >= 4 is 0 Å². The van der Waals surface area contributed by atoms with Gasteiger partial charge in [-0.3, -0.25) is 0 Å². The molecule has 1 N–H and O–H groups in total. The zero-order chi connectivity index (χ0) is 13.1. The molecule has 1 fully saturated rings. The largest absolute Gasteiger partial charge is 0.301 e. The molecule has 0 radical (unpaired) electrons. The second-order valence-corrected chi connectivity index (χ2v) is 4.63. The van der Waals surface area contributed by atoms with E-state index in [9.17, 15) is 0 Å². The van der Waals surface area contributed by atoms with E-state index in [0.717, 1.165) is 24.2 Å². The van der Waals surface area contributed by atoms with Crippen LogP contribution in [0.15, 0.2) is 48.5 Å². The highest BCUT2D eigenvalue weighted by atomic mass is 16.7. The van der Waals surface area contributed by atoms with Crippen molar-refractivity contribution in [1.29, 1.82) is 5.26 Å². The van der Waals surface area contributed by atoms with Gasteiger partial charge in [0.05, 0.1) is 24.3 Å². The lowest BCUT2D eigenvalue weighted by Gasteiger charge is -2.11. The van der Waals surface area contributed by atoms with Crippen LogP contribution < -0.4 is 5.48 Å². The molecule has 2 aromatic carbocycles. The van der Waals surface area contributed by atoms with E-state index in [1.54, 1.807) is 0 Å². The Labute approximate surface area is 112 Å². The molecule has 1 heterocycles. The number of hydroxylamine groups is 1. The molecule has 94 valence electrons. The summed E-state index contributed by atoms with van der Waals surface area (Å²) in [5.41, 5.74) is 7.12. The molecule has 3 rings (SSSR count). The molecule has 3 heteroatoms. The van der Waals surface area contributed by atoms with Gasteiger partial charge in [0.2, 0.25) is 0 Å². The molecule has 0 spiro atoms. The maximum absolute atomic E-state index is 8.96. The normalized spacial score (nSPS) is 18.2. The quantitative estimate of drug-likeness (QED) is 0.890. The first-order chi connectivity index (χ1) is 9.36. The molecule has 0 bridgehead atoms. The summed E-state index contributed by atoms with van der Waals surface area (Å²) >= 11 is 0. The number of nitriles is 1. The number of rotatable bonds is 2. The molecular weight excluding hydrogens is 236 g/mol. The molecule has 1 aliphatic heterocycles. The number of hydrogen-bond donors (Lipinski definition) is 1. The SMILES string of the molecule is N#Cc1cccc(-c2cccc([C@H]3CCON3)c2)c1. The summed E-state index contributed by atoms with van der Waals surface area (Å²) in [6.45, 7) is 0.749. The summed E-state index contributed by atoms with van der Waals surface area (Å²) in [6.07, 6.45) is 0.988. The van der Waals surface area contributed by atoms with Gasteiger partial charge in [-0.2, -0.15) is 10.7 Å². The second kappa shape index (κ2) is 5.23. The minimum atomic E-state index is 0.263. The number of nitrogens with one attached hydrogen (secondary N) is 1. The molecule has 0 aromatic heterocycles. The van der Waals surface area contributed by atoms with Crippen LogP contribution in [0.5, 0.6) is 0 Å². The molecule has 0 saturated carbocycles. The van der Waals surface area contributed by atoms with Crippen LogP contribution in [0.3, 0.4) is 0 Å². The molecule has 1 aliphatic rings. The molecule has 0 amide bonds. The third kappa shape index (κ3) is 2.50. The summed E-state index contributed by atoms with van der Waals surface area (Å²) < 4.78 is 0. The Morgan fingerprint density at radius 3 is 2.63 bits per heavy atom. The van der Waals surface area contributed by atoms with Gasteiger partial charge in [-0.1, -0.05) is 30.3 Å². The lowest BCUT2D eigenvalue weighted by molar-refractivity contribution is 0.0883. The van der Waals surface area contributed by atoms with Crippen LogP contribution in [0.1, 0.15) is 23.6 Å². The first-order valence-corrected chi connectivity index (χ1v) is 6.34. The van der Waals surface area contributed by atoms with Crippen LogP contribution in [0, 0.1) is 11.3 Å². The molecule has 1 atom stereocenters. The molecular formula is C16H14N2O. The predicted molar refractivity (Wildman–Crippen MR) is 73.0 cm³/mol. The van der Waals surface area contributed by atoms with Gasteiger partial charge in [-0.15, -0.1) is 0 Å². The van der Waals surface area contributed by atoms with Crippen molar-refractivity contribution in [3.63, 3.8) is 0 Å². The van der Waals surface area contributed by atoms with Gasteiger partial charge in [-0.25, -0.2) is 0 Å². The highest BCUT2D eigenvalue weighted by Gasteiger charge is 2.17. The monoisotopic (exact) mass is 250 g/mol. The van der Waals surface area contributed by atoms with Gasteiger partial charge in [0.15, 0.2) is 0 Å². The number of benzene rings is 2. The Morgan fingerprint density at radius 1 is 1.11 bits per heavy atom. The molecule has 1 saturated heterocycles. The van der Waals surface area contributed by atoms with Gasteiger partial charge in [0.25, 0.3) is 0 Å². The fraction of sp³-hybridized carbons (Fsp3) is 0.188. The highest BCUT2D eigenvalue weighted by Crippen LogP contribution is 2.27. The van der Waals surface area contributed by atoms with E-state index in [1.807, 2.05) is 30.3 Å². The van der Waals surface area contributed by atoms with Crippen molar-refractivity contribution < 1.29 is 4.84 Å². The van der Waals surface area contributed by atoms with Crippen LogP contribution in [0.25, 0.3) is 11.1 Å². The Kier molecular flexibility index (Phi) is 3.28.